The first-order valence-corrected chi connectivity index (χ1v) is 11.7. The van der Waals surface area contributed by atoms with Gasteiger partial charge in [0.05, 0.1) is 11.7 Å². The lowest BCUT2D eigenvalue weighted by atomic mass is 9.95. The predicted molar refractivity (Wildman–Crippen MR) is 114 cm³/mol. The van der Waals surface area contributed by atoms with E-state index in [0.717, 1.165) is 55.0 Å². The molecule has 2 aromatic rings. The van der Waals surface area contributed by atoms with Gasteiger partial charge in [-0.15, -0.1) is 11.3 Å². The monoisotopic (exact) mass is 469 g/mol. The van der Waals surface area contributed by atoms with Crippen molar-refractivity contribution in [3.8, 4) is 0 Å². The maximum absolute atomic E-state index is 13.2. The first-order chi connectivity index (χ1) is 15.1. The van der Waals surface area contributed by atoms with E-state index >= 15 is 0 Å². The molecule has 32 heavy (non-hydrogen) atoms. The Labute approximate surface area is 188 Å². The summed E-state index contributed by atoms with van der Waals surface area (Å²) in [5.74, 6) is -1.01. The average Bonchev–Trinajstić information content (AvgIpc) is 3.33. The predicted octanol–water partition coefficient (Wildman–Crippen LogP) is 5.48. The van der Waals surface area contributed by atoms with Crippen LogP contribution in [0.1, 0.15) is 90.6 Å². The maximum Gasteiger partial charge on any atom is 0.435 e. The van der Waals surface area contributed by atoms with Gasteiger partial charge in [0.15, 0.2) is 5.69 Å². The van der Waals surface area contributed by atoms with Crippen LogP contribution in [-0.4, -0.2) is 27.8 Å². The summed E-state index contributed by atoms with van der Waals surface area (Å²) >= 11 is 1.35. The van der Waals surface area contributed by atoms with Crippen LogP contribution < -0.4 is 5.32 Å². The maximum atomic E-state index is 13.2. The second kappa shape index (κ2) is 8.53. The number of halogens is 3. The number of fused-ring (bicyclic) bond motifs is 1. The van der Waals surface area contributed by atoms with E-state index in [1.54, 1.807) is 13.8 Å². The van der Waals surface area contributed by atoms with Crippen LogP contribution >= 0.6 is 11.3 Å². The Hall–Kier alpha value is -2.36. The van der Waals surface area contributed by atoms with Crippen molar-refractivity contribution in [1.29, 1.82) is 0 Å². The third-order valence-electron chi connectivity index (χ3n) is 5.75. The summed E-state index contributed by atoms with van der Waals surface area (Å²) in [5.41, 5.74) is 0.710. The number of anilines is 1. The average molecular weight is 470 g/mol. The number of rotatable bonds is 6. The highest BCUT2D eigenvalue weighted by molar-refractivity contribution is 7.17. The molecule has 6 nitrogen and oxygen atoms in total. The van der Waals surface area contributed by atoms with Gasteiger partial charge in [-0.2, -0.15) is 18.3 Å². The Morgan fingerprint density at radius 1 is 1.22 bits per heavy atom. The molecule has 1 saturated carbocycles. The number of ether oxygens (including phenoxy) is 1. The van der Waals surface area contributed by atoms with Gasteiger partial charge < -0.3 is 10.1 Å². The van der Waals surface area contributed by atoms with Gasteiger partial charge in [-0.25, -0.2) is 4.79 Å². The third-order valence-corrected chi connectivity index (χ3v) is 6.96. The SMILES string of the molecule is CC(C)OC(=O)c1c(NC(=O)C(C)n2nc(C(F)(F)F)cc2C2CC2)sc2c1CCCC2. The van der Waals surface area contributed by atoms with E-state index in [1.165, 1.54) is 22.9 Å². The molecule has 0 radical (unpaired) electrons. The van der Waals surface area contributed by atoms with E-state index in [2.05, 4.69) is 10.4 Å². The van der Waals surface area contributed by atoms with E-state index in [0.29, 0.717) is 16.3 Å². The number of nitrogens with zero attached hydrogens (tertiary/aromatic N) is 2. The highest BCUT2D eigenvalue weighted by Gasteiger charge is 2.39. The van der Waals surface area contributed by atoms with E-state index in [-0.39, 0.29) is 12.0 Å². The number of hydrogen-bond acceptors (Lipinski definition) is 5. The highest BCUT2D eigenvalue weighted by atomic mass is 32.1. The van der Waals surface area contributed by atoms with Crippen LogP contribution in [0.2, 0.25) is 0 Å². The molecule has 2 aliphatic carbocycles. The summed E-state index contributed by atoms with van der Waals surface area (Å²) in [5, 5.41) is 6.90. The Morgan fingerprint density at radius 3 is 2.53 bits per heavy atom. The molecule has 10 heteroatoms. The van der Waals surface area contributed by atoms with Crippen molar-refractivity contribution >= 4 is 28.2 Å². The van der Waals surface area contributed by atoms with Crippen molar-refractivity contribution in [1.82, 2.24) is 9.78 Å². The van der Waals surface area contributed by atoms with Crippen molar-refractivity contribution in [2.75, 3.05) is 5.32 Å². The zero-order chi connectivity index (χ0) is 23.2. The fourth-order valence-corrected chi connectivity index (χ4v) is 5.29. The van der Waals surface area contributed by atoms with Gasteiger partial charge in [-0.05, 0) is 70.9 Å². The molecular weight excluding hydrogens is 443 g/mol. The van der Waals surface area contributed by atoms with Crippen molar-refractivity contribution < 1.29 is 27.5 Å². The number of amides is 1. The standard InChI is InChI=1S/C22H26F3N3O3S/c1-11(2)31-21(30)18-14-6-4-5-7-16(14)32-20(18)26-19(29)12(3)28-15(13-8-9-13)10-17(27-28)22(23,24)25/h10-13H,4-9H2,1-3H3,(H,26,29). The van der Waals surface area contributed by atoms with Crippen LogP contribution in [0.25, 0.3) is 0 Å². The smallest absolute Gasteiger partial charge is 0.435 e. The minimum absolute atomic E-state index is 0.0144. The van der Waals surface area contributed by atoms with Gasteiger partial charge in [0.1, 0.15) is 11.0 Å². The van der Waals surface area contributed by atoms with E-state index < -0.39 is 29.8 Å². The van der Waals surface area contributed by atoms with Gasteiger partial charge in [0, 0.05) is 16.5 Å². The molecule has 0 aromatic carbocycles. The normalized spacial score (nSPS) is 17.2. The number of carbonyl (C=O) groups excluding carboxylic acids is 2. The molecule has 1 amide bonds. The van der Waals surface area contributed by atoms with Crippen molar-refractivity contribution in [2.24, 2.45) is 0 Å². The molecular formula is C22H26F3N3O3S. The molecule has 1 atom stereocenters. The van der Waals surface area contributed by atoms with Crippen LogP contribution in [0.4, 0.5) is 18.2 Å². The van der Waals surface area contributed by atoms with Crippen LogP contribution in [0.3, 0.4) is 0 Å². The number of aryl methyl sites for hydroxylation is 1. The molecule has 2 aromatic heterocycles. The Kier molecular flexibility index (Phi) is 6.08. The summed E-state index contributed by atoms with van der Waals surface area (Å²) < 4.78 is 46.3. The summed E-state index contributed by atoms with van der Waals surface area (Å²) in [4.78, 5) is 26.9. The number of esters is 1. The Bertz CT molecular complexity index is 1040. The topological polar surface area (TPSA) is 73.2 Å². The van der Waals surface area contributed by atoms with Crippen molar-refractivity contribution in [3.05, 3.63) is 33.5 Å². The van der Waals surface area contributed by atoms with Gasteiger partial charge in [-0.1, -0.05) is 0 Å². The number of hydrogen-bond donors (Lipinski definition) is 1. The first kappa shape index (κ1) is 22.8. The van der Waals surface area contributed by atoms with E-state index in [4.69, 9.17) is 4.74 Å². The molecule has 0 bridgehead atoms. The molecule has 1 N–H and O–H groups in total. The van der Waals surface area contributed by atoms with Crippen molar-refractivity contribution in [3.63, 3.8) is 0 Å². The molecule has 1 unspecified atom stereocenters. The molecule has 4 rings (SSSR count). The van der Waals surface area contributed by atoms with Crippen LogP contribution in [0, 0.1) is 0 Å². The van der Waals surface area contributed by atoms with Crippen LogP contribution in [0.5, 0.6) is 0 Å². The zero-order valence-electron chi connectivity index (χ0n) is 18.2. The lowest BCUT2D eigenvalue weighted by Crippen LogP contribution is -2.26. The zero-order valence-corrected chi connectivity index (χ0v) is 19.0. The number of aromatic nitrogens is 2. The fraction of sp³-hybridized carbons (Fsp3) is 0.591. The molecule has 1 fully saturated rings. The second-order valence-corrected chi connectivity index (χ2v) is 9.81. The Morgan fingerprint density at radius 2 is 1.91 bits per heavy atom. The van der Waals surface area contributed by atoms with Crippen molar-refractivity contribution in [2.45, 2.75) is 83.5 Å². The number of thiophene rings is 1. The lowest BCUT2D eigenvalue weighted by molar-refractivity contribution is -0.141. The quantitative estimate of drug-likeness (QED) is 0.568. The molecule has 0 aliphatic heterocycles. The van der Waals surface area contributed by atoms with Gasteiger partial charge in [-0.3, -0.25) is 9.48 Å². The Balaban J connectivity index is 1.63. The van der Waals surface area contributed by atoms with Crippen LogP contribution in [0.15, 0.2) is 6.07 Å². The minimum atomic E-state index is -4.58. The largest absolute Gasteiger partial charge is 0.459 e. The van der Waals surface area contributed by atoms with Gasteiger partial charge in [0.25, 0.3) is 0 Å². The number of alkyl halides is 3. The van der Waals surface area contributed by atoms with E-state index in [9.17, 15) is 22.8 Å². The van der Waals surface area contributed by atoms with E-state index in [1.807, 2.05) is 0 Å². The van der Waals surface area contributed by atoms with Crippen LogP contribution in [-0.2, 0) is 28.5 Å². The van der Waals surface area contributed by atoms with Gasteiger partial charge >= 0.3 is 12.1 Å². The summed E-state index contributed by atoms with van der Waals surface area (Å²) in [7, 11) is 0. The highest BCUT2D eigenvalue weighted by Crippen LogP contribution is 2.43. The third kappa shape index (κ3) is 4.55. The fourth-order valence-electron chi connectivity index (χ4n) is 4.01. The molecule has 2 heterocycles. The molecule has 0 spiro atoms. The summed E-state index contributed by atoms with van der Waals surface area (Å²) in [6.45, 7) is 5.03. The minimum Gasteiger partial charge on any atom is -0.459 e. The number of carbonyl (C=O) groups is 2. The molecule has 0 saturated heterocycles. The molecule has 2 aliphatic rings. The number of nitrogens with one attached hydrogen (secondary N) is 1. The summed E-state index contributed by atoms with van der Waals surface area (Å²) in [6.07, 6.45) is 0.191. The second-order valence-electron chi connectivity index (χ2n) is 8.71. The van der Waals surface area contributed by atoms with Gasteiger partial charge in [0.2, 0.25) is 5.91 Å². The lowest BCUT2D eigenvalue weighted by Gasteiger charge is -2.17. The first-order valence-electron chi connectivity index (χ1n) is 10.9. The molecule has 174 valence electrons. The summed E-state index contributed by atoms with van der Waals surface area (Å²) in [6, 6.07) is 0.0753.